The second kappa shape index (κ2) is 4.42. The molecule has 1 aliphatic carbocycles. The molecule has 0 bridgehead atoms. The van der Waals surface area contributed by atoms with Gasteiger partial charge in [-0.2, -0.15) is 0 Å². The fourth-order valence-corrected chi connectivity index (χ4v) is 3.92. The fourth-order valence-electron chi connectivity index (χ4n) is 2.13. The van der Waals surface area contributed by atoms with Crippen LogP contribution in [0.2, 0.25) is 0 Å². The van der Waals surface area contributed by atoms with Gasteiger partial charge in [0.2, 0.25) is 0 Å². The predicted molar refractivity (Wildman–Crippen MR) is 54.3 cm³/mol. The smallest absolute Gasteiger partial charge is 0.153 e. The van der Waals surface area contributed by atoms with Crippen LogP contribution in [0.5, 0.6) is 0 Å². The Bertz CT molecular complexity index is 248. The Morgan fingerprint density at radius 3 is 2.46 bits per heavy atom. The van der Waals surface area contributed by atoms with Crippen LogP contribution in [0.25, 0.3) is 0 Å². The van der Waals surface area contributed by atoms with E-state index in [1.54, 1.807) is 6.92 Å². The Morgan fingerprint density at radius 2 is 1.92 bits per heavy atom. The molecule has 2 atom stereocenters. The zero-order valence-corrected chi connectivity index (χ0v) is 9.02. The lowest BCUT2D eigenvalue weighted by molar-refractivity contribution is 0.363. The normalized spacial score (nSPS) is 30.3. The SMILES string of the molecule is CCS(=O)(=O)C1CCCCC1CN. The summed E-state index contributed by atoms with van der Waals surface area (Å²) in [6.45, 7) is 2.24. The Labute approximate surface area is 80.6 Å². The van der Waals surface area contributed by atoms with E-state index in [-0.39, 0.29) is 16.9 Å². The average Bonchev–Trinajstić information content (AvgIpc) is 2.18. The van der Waals surface area contributed by atoms with E-state index in [0.29, 0.717) is 6.54 Å². The molecule has 0 aromatic rings. The average molecular weight is 205 g/mol. The maximum absolute atomic E-state index is 11.7. The fraction of sp³-hybridized carbons (Fsp3) is 1.00. The minimum Gasteiger partial charge on any atom is -0.330 e. The third kappa shape index (κ3) is 2.44. The monoisotopic (exact) mass is 205 g/mol. The van der Waals surface area contributed by atoms with Crippen molar-refractivity contribution in [3.05, 3.63) is 0 Å². The van der Waals surface area contributed by atoms with Crippen LogP contribution in [0.1, 0.15) is 32.6 Å². The van der Waals surface area contributed by atoms with Gasteiger partial charge < -0.3 is 5.73 Å². The summed E-state index contributed by atoms with van der Waals surface area (Å²) >= 11 is 0. The van der Waals surface area contributed by atoms with Crippen molar-refractivity contribution in [2.75, 3.05) is 12.3 Å². The molecule has 0 radical (unpaired) electrons. The van der Waals surface area contributed by atoms with Crippen LogP contribution in [-0.4, -0.2) is 26.0 Å². The Balaban J connectivity index is 2.75. The highest BCUT2D eigenvalue weighted by atomic mass is 32.2. The highest BCUT2D eigenvalue weighted by Crippen LogP contribution is 2.29. The standard InChI is InChI=1S/C9H19NO2S/c1-2-13(11,12)9-6-4-3-5-8(9)7-10/h8-9H,2-7,10H2,1H3. The van der Waals surface area contributed by atoms with E-state index >= 15 is 0 Å². The van der Waals surface area contributed by atoms with E-state index in [1.807, 2.05) is 0 Å². The van der Waals surface area contributed by atoms with Crippen LogP contribution >= 0.6 is 0 Å². The molecule has 1 rings (SSSR count). The molecule has 0 aromatic carbocycles. The summed E-state index contributed by atoms with van der Waals surface area (Å²) in [6.07, 6.45) is 3.98. The van der Waals surface area contributed by atoms with Crippen LogP contribution in [-0.2, 0) is 9.84 Å². The van der Waals surface area contributed by atoms with Crippen LogP contribution in [0.3, 0.4) is 0 Å². The van der Waals surface area contributed by atoms with Gasteiger partial charge in [0.1, 0.15) is 0 Å². The lowest BCUT2D eigenvalue weighted by Gasteiger charge is -2.29. The first-order valence-corrected chi connectivity index (χ1v) is 6.75. The zero-order chi connectivity index (χ0) is 9.90. The van der Waals surface area contributed by atoms with Gasteiger partial charge in [-0.3, -0.25) is 0 Å². The number of rotatable bonds is 3. The molecule has 1 fully saturated rings. The van der Waals surface area contributed by atoms with Crippen molar-refractivity contribution in [2.24, 2.45) is 11.7 Å². The first-order chi connectivity index (χ1) is 6.11. The molecule has 13 heavy (non-hydrogen) atoms. The third-order valence-corrected chi connectivity index (χ3v) is 5.35. The van der Waals surface area contributed by atoms with Gasteiger partial charge in [-0.05, 0) is 25.3 Å². The molecule has 78 valence electrons. The molecule has 0 aliphatic heterocycles. The van der Waals surface area contributed by atoms with E-state index < -0.39 is 9.84 Å². The zero-order valence-electron chi connectivity index (χ0n) is 8.20. The molecule has 0 aromatic heterocycles. The van der Waals surface area contributed by atoms with Crippen molar-refractivity contribution < 1.29 is 8.42 Å². The van der Waals surface area contributed by atoms with Crippen molar-refractivity contribution in [1.82, 2.24) is 0 Å². The van der Waals surface area contributed by atoms with Gasteiger partial charge in [0.15, 0.2) is 9.84 Å². The Kier molecular flexibility index (Phi) is 3.74. The summed E-state index contributed by atoms with van der Waals surface area (Å²) in [7, 11) is -2.86. The first-order valence-electron chi connectivity index (χ1n) is 5.03. The van der Waals surface area contributed by atoms with Gasteiger partial charge in [0, 0.05) is 5.75 Å². The Hall–Kier alpha value is -0.0900. The molecular formula is C9H19NO2S. The van der Waals surface area contributed by atoms with Gasteiger partial charge >= 0.3 is 0 Å². The summed E-state index contributed by atoms with van der Waals surface area (Å²) in [5.74, 6) is 0.465. The molecule has 1 aliphatic rings. The van der Waals surface area contributed by atoms with Gasteiger partial charge in [-0.1, -0.05) is 19.8 Å². The lowest BCUT2D eigenvalue weighted by Crippen LogP contribution is -2.37. The van der Waals surface area contributed by atoms with E-state index in [4.69, 9.17) is 5.73 Å². The minimum atomic E-state index is -2.86. The predicted octanol–water partition coefficient (Wildman–Crippen LogP) is 0.939. The van der Waals surface area contributed by atoms with Gasteiger partial charge in [-0.25, -0.2) is 8.42 Å². The topological polar surface area (TPSA) is 60.2 Å². The highest BCUT2D eigenvalue weighted by molar-refractivity contribution is 7.92. The molecule has 0 heterocycles. The molecular weight excluding hydrogens is 186 g/mol. The van der Waals surface area contributed by atoms with Gasteiger partial charge in [0.25, 0.3) is 0 Å². The van der Waals surface area contributed by atoms with Crippen LogP contribution in [0, 0.1) is 5.92 Å². The third-order valence-electron chi connectivity index (χ3n) is 3.01. The number of sulfone groups is 1. The summed E-state index contributed by atoms with van der Waals surface area (Å²) in [5.41, 5.74) is 5.58. The van der Waals surface area contributed by atoms with Gasteiger partial charge in [-0.15, -0.1) is 0 Å². The van der Waals surface area contributed by atoms with Crippen LogP contribution < -0.4 is 5.73 Å². The largest absolute Gasteiger partial charge is 0.330 e. The van der Waals surface area contributed by atoms with Crippen molar-refractivity contribution in [3.8, 4) is 0 Å². The minimum absolute atomic E-state index is 0.156. The van der Waals surface area contributed by atoms with Crippen molar-refractivity contribution in [3.63, 3.8) is 0 Å². The first kappa shape index (κ1) is 11.0. The van der Waals surface area contributed by atoms with Gasteiger partial charge in [0.05, 0.1) is 5.25 Å². The second-order valence-electron chi connectivity index (χ2n) is 3.77. The molecule has 0 saturated heterocycles. The molecule has 2 N–H and O–H groups in total. The summed E-state index contributed by atoms with van der Waals surface area (Å²) < 4.78 is 23.3. The summed E-state index contributed by atoms with van der Waals surface area (Å²) in [5, 5.41) is -0.156. The van der Waals surface area contributed by atoms with E-state index in [0.717, 1.165) is 25.7 Å². The summed E-state index contributed by atoms with van der Waals surface area (Å²) in [6, 6.07) is 0. The second-order valence-corrected chi connectivity index (χ2v) is 6.28. The lowest BCUT2D eigenvalue weighted by atomic mass is 9.89. The molecule has 3 nitrogen and oxygen atoms in total. The van der Waals surface area contributed by atoms with E-state index in [2.05, 4.69) is 0 Å². The maximum atomic E-state index is 11.7. The Morgan fingerprint density at radius 1 is 1.31 bits per heavy atom. The molecule has 1 saturated carbocycles. The molecule has 2 unspecified atom stereocenters. The maximum Gasteiger partial charge on any atom is 0.153 e. The summed E-state index contributed by atoms with van der Waals surface area (Å²) in [4.78, 5) is 0. The van der Waals surface area contributed by atoms with Crippen LogP contribution in [0.4, 0.5) is 0 Å². The van der Waals surface area contributed by atoms with E-state index in [9.17, 15) is 8.42 Å². The number of nitrogens with two attached hydrogens (primary N) is 1. The molecule has 4 heteroatoms. The number of hydrogen-bond acceptors (Lipinski definition) is 3. The molecule has 0 amide bonds. The van der Waals surface area contributed by atoms with Crippen LogP contribution in [0.15, 0.2) is 0 Å². The highest BCUT2D eigenvalue weighted by Gasteiger charge is 2.33. The molecule has 0 spiro atoms. The van der Waals surface area contributed by atoms with E-state index in [1.165, 1.54) is 0 Å². The van der Waals surface area contributed by atoms with Crippen molar-refractivity contribution >= 4 is 9.84 Å². The number of hydrogen-bond donors (Lipinski definition) is 1. The van der Waals surface area contributed by atoms with Crippen molar-refractivity contribution in [2.45, 2.75) is 37.9 Å². The van der Waals surface area contributed by atoms with Crippen molar-refractivity contribution in [1.29, 1.82) is 0 Å². The quantitative estimate of drug-likeness (QED) is 0.746.